The SMILES string of the molecule is CC(C)(C)OC(=O)OC(=O)OC(C)(C)C1CCCO1. The standard InChI is InChI=1S/C13H22O6/c1-12(2,3)18-10(14)17-11(15)19-13(4,5)9-7-6-8-16-9/h9H,6-8H2,1-5H3. The zero-order valence-electron chi connectivity index (χ0n) is 12.1. The van der Waals surface area contributed by atoms with Gasteiger partial charge < -0.3 is 18.9 Å². The minimum absolute atomic E-state index is 0.182. The molecule has 1 aliphatic heterocycles. The molecule has 0 aromatic heterocycles. The van der Waals surface area contributed by atoms with Crippen molar-refractivity contribution in [1.82, 2.24) is 0 Å². The van der Waals surface area contributed by atoms with Gasteiger partial charge in [-0.05, 0) is 47.5 Å². The molecule has 110 valence electrons. The third-order valence-electron chi connectivity index (χ3n) is 2.61. The van der Waals surface area contributed by atoms with Crippen LogP contribution in [0.3, 0.4) is 0 Å². The molecule has 0 spiro atoms. The lowest BCUT2D eigenvalue weighted by Crippen LogP contribution is -2.41. The molecule has 1 atom stereocenters. The van der Waals surface area contributed by atoms with Gasteiger partial charge in [0.1, 0.15) is 11.2 Å². The third-order valence-corrected chi connectivity index (χ3v) is 2.61. The second-order valence-electron chi connectivity index (χ2n) is 6.02. The predicted octanol–water partition coefficient (Wildman–Crippen LogP) is 3.03. The van der Waals surface area contributed by atoms with Crippen molar-refractivity contribution in [2.75, 3.05) is 6.61 Å². The van der Waals surface area contributed by atoms with Crippen LogP contribution in [0.2, 0.25) is 0 Å². The molecule has 1 aliphatic rings. The summed E-state index contributed by atoms with van der Waals surface area (Å²) in [6.07, 6.45) is -0.584. The van der Waals surface area contributed by atoms with Crippen LogP contribution in [-0.2, 0) is 18.9 Å². The smallest absolute Gasteiger partial charge is 0.428 e. The van der Waals surface area contributed by atoms with Gasteiger partial charge in [0.2, 0.25) is 0 Å². The van der Waals surface area contributed by atoms with Crippen LogP contribution in [-0.4, -0.2) is 36.2 Å². The lowest BCUT2D eigenvalue weighted by molar-refractivity contribution is -0.0901. The molecule has 0 bridgehead atoms. The van der Waals surface area contributed by atoms with Crippen LogP contribution >= 0.6 is 0 Å². The van der Waals surface area contributed by atoms with Crippen molar-refractivity contribution in [2.45, 2.75) is 64.8 Å². The van der Waals surface area contributed by atoms with Crippen molar-refractivity contribution in [3.05, 3.63) is 0 Å². The number of carbonyl (C=O) groups is 2. The Labute approximate surface area is 113 Å². The molecule has 1 rings (SSSR count). The molecule has 1 heterocycles. The Balaban J connectivity index is 2.44. The first-order valence-electron chi connectivity index (χ1n) is 6.35. The fourth-order valence-corrected chi connectivity index (χ4v) is 1.77. The molecule has 0 N–H and O–H groups in total. The zero-order chi connectivity index (χ0) is 14.7. The summed E-state index contributed by atoms with van der Waals surface area (Å²) in [5, 5.41) is 0. The van der Waals surface area contributed by atoms with E-state index in [0.29, 0.717) is 6.61 Å². The summed E-state index contributed by atoms with van der Waals surface area (Å²) >= 11 is 0. The number of hydrogen-bond acceptors (Lipinski definition) is 6. The average molecular weight is 274 g/mol. The molecule has 0 aliphatic carbocycles. The van der Waals surface area contributed by atoms with Gasteiger partial charge in [0, 0.05) is 6.61 Å². The topological polar surface area (TPSA) is 71.1 Å². The Morgan fingerprint density at radius 1 is 1.05 bits per heavy atom. The summed E-state index contributed by atoms with van der Waals surface area (Å²) < 4.78 is 19.9. The molecule has 1 saturated heterocycles. The van der Waals surface area contributed by atoms with Crippen molar-refractivity contribution in [3.8, 4) is 0 Å². The molecule has 0 aromatic rings. The molecule has 19 heavy (non-hydrogen) atoms. The van der Waals surface area contributed by atoms with Crippen LogP contribution in [0.25, 0.3) is 0 Å². The average Bonchev–Trinajstić information content (AvgIpc) is 2.64. The Morgan fingerprint density at radius 3 is 2.11 bits per heavy atom. The van der Waals surface area contributed by atoms with Gasteiger partial charge in [-0.25, -0.2) is 9.59 Å². The molecular formula is C13H22O6. The molecule has 1 unspecified atom stereocenters. The number of carbonyl (C=O) groups excluding carboxylic acids is 2. The molecule has 0 radical (unpaired) electrons. The van der Waals surface area contributed by atoms with Gasteiger partial charge >= 0.3 is 12.3 Å². The minimum Gasteiger partial charge on any atom is -0.428 e. The fraction of sp³-hybridized carbons (Fsp3) is 0.846. The van der Waals surface area contributed by atoms with Crippen LogP contribution < -0.4 is 0 Å². The van der Waals surface area contributed by atoms with Crippen molar-refractivity contribution in [2.24, 2.45) is 0 Å². The van der Waals surface area contributed by atoms with Crippen LogP contribution in [0.15, 0.2) is 0 Å². The predicted molar refractivity (Wildman–Crippen MR) is 66.9 cm³/mol. The summed E-state index contributed by atoms with van der Waals surface area (Å²) in [6.45, 7) is 9.12. The molecule has 6 nitrogen and oxygen atoms in total. The maximum Gasteiger partial charge on any atom is 0.519 e. The maximum atomic E-state index is 11.5. The Morgan fingerprint density at radius 2 is 1.63 bits per heavy atom. The van der Waals surface area contributed by atoms with E-state index in [2.05, 4.69) is 4.74 Å². The first kappa shape index (κ1) is 15.8. The van der Waals surface area contributed by atoms with Crippen LogP contribution in [0.4, 0.5) is 9.59 Å². The highest BCUT2D eigenvalue weighted by Gasteiger charge is 2.37. The highest BCUT2D eigenvalue weighted by atomic mass is 16.8. The summed E-state index contributed by atoms with van der Waals surface area (Å²) in [7, 11) is 0. The maximum absolute atomic E-state index is 11.5. The van der Waals surface area contributed by atoms with Crippen molar-refractivity contribution < 1.29 is 28.5 Å². The fourth-order valence-electron chi connectivity index (χ4n) is 1.77. The summed E-state index contributed by atoms with van der Waals surface area (Å²) in [5.74, 6) is 0. The van der Waals surface area contributed by atoms with Crippen molar-refractivity contribution in [1.29, 1.82) is 0 Å². The van der Waals surface area contributed by atoms with E-state index >= 15 is 0 Å². The number of rotatable bonds is 2. The van der Waals surface area contributed by atoms with Crippen molar-refractivity contribution in [3.63, 3.8) is 0 Å². The lowest BCUT2D eigenvalue weighted by atomic mass is 9.99. The van der Waals surface area contributed by atoms with Crippen LogP contribution in [0, 0.1) is 0 Å². The second kappa shape index (κ2) is 5.77. The van der Waals surface area contributed by atoms with Gasteiger partial charge in [-0.15, -0.1) is 0 Å². The number of ether oxygens (including phenoxy) is 4. The van der Waals surface area contributed by atoms with E-state index < -0.39 is 23.5 Å². The lowest BCUT2D eigenvalue weighted by Gasteiger charge is -2.29. The Kier molecular flexibility index (Phi) is 4.79. The first-order valence-corrected chi connectivity index (χ1v) is 6.35. The van der Waals surface area contributed by atoms with Gasteiger partial charge in [-0.1, -0.05) is 0 Å². The van der Waals surface area contributed by atoms with E-state index in [1.54, 1.807) is 34.6 Å². The van der Waals surface area contributed by atoms with Gasteiger partial charge in [0.25, 0.3) is 0 Å². The minimum atomic E-state index is -1.07. The molecule has 6 heteroatoms. The van der Waals surface area contributed by atoms with Gasteiger partial charge in [0.05, 0.1) is 6.10 Å². The highest BCUT2D eigenvalue weighted by Crippen LogP contribution is 2.27. The molecule has 1 fully saturated rings. The molecule has 0 amide bonds. The molecule has 0 aromatic carbocycles. The summed E-state index contributed by atoms with van der Waals surface area (Å²) in [5.41, 5.74) is -1.56. The third kappa shape index (κ3) is 5.46. The first-order chi connectivity index (χ1) is 8.60. The highest BCUT2D eigenvalue weighted by molar-refractivity contribution is 5.77. The zero-order valence-corrected chi connectivity index (χ0v) is 12.1. The van der Waals surface area contributed by atoms with Crippen LogP contribution in [0.1, 0.15) is 47.5 Å². The Hall–Kier alpha value is -1.30. The number of hydrogen-bond donors (Lipinski definition) is 0. The van der Waals surface area contributed by atoms with Crippen LogP contribution in [0.5, 0.6) is 0 Å². The normalized spacial score (nSPS) is 19.9. The quantitative estimate of drug-likeness (QED) is 0.569. The van der Waals surface area contributed by atoms with Crippen molar-refractivity contribution >= 4 is 12.3 Å². The van der Waals surface area contributed by atoms with E-state index in [4.69, 9.17) is 14.2 Å². The van der Waals surface area contributed by atoms with E-state index in [9.17, 15) is 9.59 Å². The van der Waals surface area contributed by atoms with E-state index in [1.807, 2.05) is 0 Å². The monoisotopic (exact) mass is 274 g/mol. The molecule has 0 saturated carbocycles. The van der Waals surface area contributed by atoms with Gasteiger partial charge in [-0.3, -0.25) is 0 Å². The van der Waals surface area contributed by atoms with E-state index in [0.717, 1.165) is 12.8 Å². The van der Waals surface area contributed by atoms with Gasteiger partial charge in [0.15, 0.2) is 0 Å². The summed E-state index contributed by atoms with van der Waals surface area (Å²) in [6, 6.07) is 0. The van der Waals surface area contributed by atoms with Gasteiger partial charge in [-0.2, -0.15) is 0 Å². The van der Waals surface area contributed by atoms with E-state index in [-0.39, 0.29) is 6.10 Å². The molecular weight excluding hydrogens is 252 g/mol. The largest absolute Gasteiger partial charge is 0.519 e. The summed E-state index contributed by atoms with van der Waals surface area (Å²) in [4.78, 5) is 22.8. The second-order valence-corrected chi connectivity index (χ2v) is 6.02. The Bertz CT molecular complexity index is 336. The van der Waals surface area contributed by atoms with E-state index in [1.165, 1.54) is 0 Å².